The number of alkyl halides is 1. The molecule has 0 saturated heterocycles. The van der Waals surface area contributed by atoms with Crippen molar-refractivity contribution < 1.29 is 4.92 Å². The number of benzene rings is 1. The van der Waals surface area contributed by atoms with Crippen LogP contribution in [0.5, 0.6) is 0 Å². The van der Waals surface area contributed by atoms with Gasteiger partial charge in [0.15, 0.2) is 5.69 Å². The highest BCUT2D eigenvalue weighted by Crippen LogP contribution is 2.32. The molecule has 0 N–H and O–H groups in total. The van der Waals surface area contributed by atoms with Crippen LogP contribution in [0.3, 0.4) is 0 Å². The van der Waals surface area contributed by atoms with Crippen LogP contribution in [-0.4, -0.2) is 19.9 Å². The first kappa shape index (κ1) is 14.0. The second-order valence-electron chi connectivity index (χ2n) is 4.08. The molecule has 0 aliphatic rings. The average Bonchev–Trinajstić information content (AvgIpc) is 2.76. The van der Waals surface area contributed by atoms with E-state index in [9.17, 15) is 10.1 Å². The second kappa shape index (κ2) is 5.26. The molecule has 1 aromatic heterocycles. The summed E-state index contributed by atoms with van der Waals surface area (Å²) in [5.74, 6) is 0. The Kier molecular flexibility index (Phi) is 3.86. The largest absolute Gasteiger partial charge is 0.296 e. The Morgan fingerprint density at radius 2 is 2.21 bits per heavy atom. The molecule has 19 heavy (non-hydrogen) atoms. The number of hydrogen-bond acceptors (Lipinski definition) is 4. The van der Waals surface area contributed by atoms with Gasteiger partial charge in [0.05, 0.1) is 21.0 Å². The lowest BCUT2D eigenvalue weighted by atomic mass is 10.2. The van der Waals surface area contributed by atoms with E-state index in [2.05, 4.69) is 26.2 Å². The van der Waals surface area contributed by atoms with Gasteiger partial charge in [0.25, 0.3) is 5.69 Å². The number of halogens is 2. The number of nitro groups is 1. The highest BCUT2D eigenvalue weighted by Gasteiger charge is 2.21. The number of rotatable bonds is 3. The molecule has 1 unspecified atom stereocenters. The quantitative estimate of drug-likeness (QED) is 0.484. The molecule has 0 amide bonds. The molecule has 8 heteroatoms. The third-order valence-electron chi connectivity index (χ3n) is 2.53. The van der Waals surface area contributed by atoms with Gasteiger partial charge in [-0.1, -0.05) is 5.21 Å². The van der Waals surface area contributed by atoms with E-state index in [0.717, 1.165) is 5.56 Å². The SMILES string of the molecule is Cc1cc(Br)c(-n2cc(C(C)Cl)nn2)c([N+](=O)[O-])c1. The van der Waals surface area contributed by atoms with Crippen molar-refractivity contribution in [3.63, 3.8) is 0 Å². The molecule has 0 spiro atoms. The summed E-state index contributed by atoms with van der Waals surface area (Å²) >= 11 is 9.23. The molecule has 0 fully saturated rings. The first-order valence-electron chi connectivity index (χ1n) is 5.41. The smallest absolute Gasteiger partial charge is 0.258 e. The van der Waals surface area contributed by atoms with Gasteiger partial charge in [-0.25, -0.2) is 4.68 Å². The van der Waals surface area contributed by atoms with Crippen molar-refractivity contribution in [2.75, 3.05) is 0 Å². The van der Waals surface area contributed by atoms with Gasteiger partial charge in [0.2, 0.25) is 0 Å². The van der Waals surface area contributed by atoms with Crippen LogP contribution in [0.2, 0.25) is 0 Å². The highest BCUT2D eigenvalue weighted by atomic mass is 79.9. The van der Waals surface area contributed by atoms with E-state index < -0.39 is 4.92 Å². The number of aromatic nitrogens is 3. The Balaban J connectivity index is 2.63. The monoisotopic (exact) mass is 344 g/mol. The van der Waals surface area contributed by atoms with E-state index in [4.69, 9.17) is 11.6 Å². The highest BCUT2D eigenvalue weighted by molar-refractivity contribution is 9.10. The van der Waals surface area contributed by atoms with Crippen LogP contribution in [-0.2, 0) is 0 Å². The minimum Gasteiger partial charge on any atom is -0.258 e. The van der Waals surface area contributed by atoms with Gasteiger partial charge in [-0.3, -0.25) is 10.1 Å². The molecule has 0 saturated carbocycles. The third kappa shape index (κ3) is 2.76. The van der Waals surface area contributed by atoms with E-state index in [0.29, 0.717) is 15.9 Å². The second-order valence-corrected chi connectivity index (χ2v) is 5.58. The molecule has 0 aliphatic heterocycles. The molecular weight excluding hydrogens is 336 g/mol. The summed E-state index contributed by atoms with van der Waals surface area (Å²) in [6.07, 6.45) is 1.58. The number of nitrogens with zero attached hydrogens (tertiary/aromatic N) is 4. The molecule has 1 aromatic carbocycles. The zero-order valence-corrected chi connectivity index (χ0v) is 12.5. The van der Waals surface area contributed by atoms with Crippen molar-refractivity contribution in [2.45, 2.75) is 19.2 Å². The number of hydrogen-bond donors (Lipinski definition) is 0. The fourth-order valence-electron chi connectivity index (χ4n) is 1.65. The van der Waals surface area contributed by atoms with E-state index in [-0.39, 0.29) is 11.1 Å². The zero-order chi connectivity index (χ0) is 14.2. The first-order valence-corrected chi connectivity index (χ1v) is 6.64. The number of aryl methyl sites for hydroxylation is 1. The van der Waals surface area contributed by atoms with Crippen molar-refractivity contribution >= 4 is 33.2 Å². The van der Waals surface area contributed by atoms with E-state index in [1.54, 1.807) is 26.1 Å². The zero-order valence-electron chi connectivity index (χ0n) is 10.2. The van der Waals surface area contributed by atoms with Crippen molar-refractivity contribution in [2.24, 2.45) is 0 Å². The lowest BCUT2D eigenvalue weighted by molar-refractivity contribution is -0.384. The molecule has 1 heterocycles. The Morgan fingerprint density at radius 1 is 1.53 bits per heavy atom. The molecule has 0 radical (unpaired) electrons. The fourth-order valence-corrected chi connectivity index (χ4v) is 2.50. The van der Waals surface area contributed by atoms with Crippen LogP contribution in [0.1, 0.15) is 23.6 Å². The standard InChI is InChI=1S/C11H10BrClN4O2/c1-6-3-8(12)11(10(4-6)17(18)19)16-5-9(7(2)13)14-15-16/h3-5,7H,1-2H3. The number of nitro benzene ring substituents is 1. The van der Waals surface area contributed by atoms with E-state index in [1.807, 2.05) is 0 Å². The van der Waals surface area contributed by atoms with Gasteiger partial charge in [-0.15, -0.1) is 16.7 Å². The predicted octanol–water partition coefficient (Wildman–Crippen LogP) is 3.55. The van der Waals surface area contributed by atoms with Crippen molar-refractivity contribution in [3.8, 4) is 5.69 Å². The van der Waals surface area contributed by atoms with Gasteiger partial charge in [-0.05, 0) is 41.4 Å². The van der Waals surface area contributed by atoms with Gasteiger partial charge in [0.1, 0.15) is 5.69 Å². The Bertz CT molecular complexity index is 642. The average molecular weight is 346 g/mol. The predicted molar refractivity (Wildman–Crippen MR) is 74.7 cm³/mol. The normalized spacial score (nSPS) is 12.4. The van der Waals surface area contributed by atoms with Gasteiger partial charge >= 0.3 is 0 Å². The van der Waals surface area contributed by atoms with Gasteiger partial charge < -0.3 is 0 Å². The Labute approximate surface area is 122 Å². The molecule has 1 atom stereocenters. The summed E-state index contributed by atoms with van der Waals surface area (Å²) in [6, 6.07) is 3.28. The van der Waals surface area contributed by atoms with E-state index in [1.165, 1.54) is 10.7 Å². The maximum atomic E-state index is 11.1. The molecule has 6 nitrogen and oxygen atoms in total. The van der Waals surface area contributed by atoms with Crippen molar-refractivity contribution in [1.82, 2.24) is 15.0 Å². The van der Waals surface area contributed by atoms with Crippen LogP contribution in [0.15, 0.2) is 22.8 Å². The molecule has 0 bridgehead atoms. The summed E-state index contributed by atoms with van der Waals surface area (Å²) in [6.45, 7) is 3.55. The van der Waals surface area contributed by atoms with Crippen LogP contribution in [0, 0.1) is 17.0 Å². The van der Waals surface area contributed by atoms with Crippen LogP contribution in [0.4, 0.5) is 5.69 Å². The lowest BCUT2D eigenvalue weighted by Crippen LogP contribution is -2.02. The maximum absolute atomic E-state index is 11.1. The molecule has 2 aromatic rings. The molecule has 2 rings (SSSR count). The Hall–Kier alpha value is -1.47. The summed E-state index contributed by atoms with van der Waals surface area (Å²) in [5.41, 5.74) is 1.65. The molecule has 0 aliphatic carbocycles. The maximum Gasteiger partial charge on any atom is 0.296 e. The minimum atomic E-state index is -0.446. The van der Waals surface area contributed by atoms with Gasteiger partial charge in [-0.2, -0.15) is 0 Å². The van der Waals surface area contributed by atoms with Crippen LogP contribution < -0.4 is 0 Å². The first-order chi connectivity index (χ1) is 8.90. The fraction of sp³-hybridized carbons (Fsp3) is 0.273. The Morgan fingerprint density at radius 3 is 2.74 bits per heavy atom. The molecular formula is C11H10BrClN4O2. The molecule has 100 valence electrons. The topological polar surface area (TPSA) is 73.8 Å². The summed E-state index contributed by atoms with van der Waals surface area (Å²) in [7, 11) is 0. The van der Waals surface area contributed by atoms with Crippen LogP contribution in [0.25, 0.3) is 5.69 Å². The summed E-state index contributed by atoms with van der Waals surface area (Å²) < 4.78 is 1.94. The third-order valence-corrected chi connectivity index (χ3v) is 3.36. The van der Waals surface area contributed by atoms with Crippen molar-refractivity contribution in [1.29, 1.82) is 0 Å². The minimum absolute atomic E-state index is 0.0365. The summed E-state index contributed by atoms with van der Waals surface area (Å²) in [5, 5.41) is 18.6. The van der Waals surface area contributed by atoms with Crippen molar-refractivity contribution in [3.05, 3.63) is 44.2 Å². The lowest BCUT2D eigenvalue weighted by Gasteiger charge is -2.06. The van der Waals surface area contributed by atoms with Gasteiger partial charge in [0, 0.05) is 6.07 Å². The van der Waals surface area contributed by atoms with E-state index >= 15 is 0 Å². The summed E-state index contributed by atoms with van der Waals surface area (Å²) in [4.78, 5) is 10.7. The van der Waals surface area contributed by atoms with Crippen LogP contribution >= 0.6 is 27.5 Å².